The number of carbonyl (C=O) groups is 1. The van der Waals surface area contributed by atoms with Crippen LogP contribution < -0.4 is 10.6 Å². The van der Waals surface area contributed by atoms with Crippen LogP contribution in [0.2, 0.25) is 0 Å². The third-order valence-electron chi connectivity index (χ3n) is 3.20. The first kappa shape index (κ1) is 14.6. The van der Waals surface area contributed by atoms with Gasteiger partial charge >= 0.3 is 6.18 Å². The molecule has 0 aromatic heterocycles. The van der Waals surface area contributed by atoms with E-state index in [1.165, 1.54) is 0 Å². The third-order valence-corrected chi connectivity index (χ3v) is 3.20. The van der Waals surface area contributed by atoms with Crippen molar-refractivity contribution in [3.8, 4) is 0 Å². The Morgan fingerprint density at radius 2 is 1.76 bits per heavy atom. The summed E-state index contributed by atoms with van der Waals surface area (Å²) in [6.45, 7) is 0. The quantitative estimate of drug-likeness (QED) is 0.804. The van der Waals surface area contributed by atoms with Crippen molar-refractivity contribution in [1.82, 2.24) is 10.6 Å². The Hall–Kier alpha value is -0.490. The molecule has 2 atom stereocenters. The Bertz CT molecular complexity index is 273. The van der Waals surface area contributed by atoms with E-state index in [1.54, 1.807) is 0 Å². The van der Waals surface area contributed by atoms with Gasteiger partial charge < -0.3 is 10.6 Å². The molecule has 0 radical (unpaired) electrons. The van der Waals surface area contributed by atoms with E-state index in [0.717, 1.165) is 25.7 Å². The van der Waals surface area contributed by atoms with Crippen molar-refractivity contribution >= 4 is 18.3 Å². The Labute approximate surface area is 104 Å². The predicted octanol–water partition coefficient (Wildman–Crippen LogP) is 1.76. The highest BCUT2D eigenvalue weighted by molar-refractivity contribution is 5.85. The molecule has 2 rings (SSSR count). The Kier molecular flexibility index (Phi) is 4.66. The molecule has 2 unspecified atom stereocenters. The highest BCUT2D eigenvalue weighted by Crippen LogP contribution is 2.27. The molecule has 2 fully saturated rings. The molecule has 1 amide bonds. The summed E-state index contributed by atoms with van der Waals surface area (Å²) in [4.78, 5) is 11.1. The Balaban J connectivity index is 0.00000144. The van der Waals surface area contributed by atoms with Crippen LogP contribution in [0, 0.1) is 0 Å². The van der Waals surface area contributed by atoms with Crippen LogP contribution in [0.25, 0.3) is 0 Å². The minimum atomic E-state index is -4.41. The fourth-order valence-electron chi connectivity index (χ4n) is 2.64. The second-order valence-corrected chi connectivity index (χ2v) is 4.67. The number of carbonyl (C=O) groups excluding carboxylic acids is 1. The number of hydrogen-bond acceptors (Lipinski definition) is 2. The molecule has 0 aromatic rings. The lowest BCUT2D eigenvalue weighted by molar-refractivity contribution is -0.154. The molecule has 2 bridgehead atoms. The summed E-state index contributed by atoms with van der Waals surface area (Å²) in [7, 11) is 0. The van der Waals surface area contributed by atoms with Gasteiger partial charge in [-0.05, 0) is 25.7 Å². The zero-order valence-corrected chi connectivity index (χ0v) is 10.0. The van der Waals surface area contributed by atoms with Crippen LogP contribution in [0.5, 0.6) is 0 Å². The molecule has 2 heterocycles. The Morgan fingerprint density at radius 3 is 2.24 bits per heavy atom. The van der Waals surface area contributed by atoms with Gasteiger partial charge in [-0.3, -0.25) is 4.79 Å². The van der Waals surface area contributed by atoms with Crippen LogP contribution in [-0.2, 0) is 4.79 Å². The van der Waals surface area contributed by atoms with Crippen LogP contribution in [0.4, 0.5) is 13.2 Å². The summed E-state index contributed by atoms with van der Waals surface area (Å²) in [5.74, 6) is -0.904. The van der Waals surface area contributed by atoms with E-state index in [0.29, 0.717) is 12.1 Å². The summed E-state index contributed by atoms with van der Waals surface area (Å²) in [5, 5.41) is 5.85. The third kappa shape index (κ3) is 4.35. The van der Waals surface area contributed by atoms with Crippen LogP contribution in [0.1, 0.15) is 32.1 Å². The largest absolute Gasteiger partial charge is 0.397 e. The van der Waals surface area contributed by atoms with Crippen LogP contribution in [-0.4, -0.2) is 30.2 Å². The zero-order valence-electron chi connectivity index (χ0n) is 9.22. The molecule has 100 valence electrons. The molecule has 2 aliphatic heterocycles. The maximum atomic E-state index is 12.0. The number of alkyl halides is 3. The maximum Gasteiger partial charge on any atom is 0.397 e. The highest BCUT2D eigenvalue weighted by atomic mass is 35.5. The van der Waals surface area contributed by atoms with Gasteiger partial charge in [0.1, 0.15) is 6.42 Å². The van der Waals surface area contributed by atoms with E-state index in [9.17, 15) is 18.0 Å². The van der Waals surface area contributed by atoms with Gasteiger partial charge in [0.15, 0.2) is 0 Å². The molecule has 0 saturated carbocycles. The monoisotopic (exact) mass is 272 g/mol. The molecule has 2 N–H and O–H groups in total. The van der Waals surface area contributed by atoms with E-state index in [1.807, 2.05) is 0 Å². The minimum Gasteiger partial charge on any atom is -0.353 e. The standard InChI is InChI=1S/C10H15F3N2O.ClH/c11-10(12,13)5-9(16)15-8-3-6-1-2-7(4-8)14-6;/h6-8,14H,1-5H2,(H,15,16);1H. The van der Waals surface area contributed by atoms with E-state index in [4.69, 9.17) is 0 Å². The normalized spacial score (nSPS) is 31.8. The van der Waals surface area contributed by atoms with Gasteiger partial charge in [-0.25, -0.2) is 0 Å². The van der Waals surface area contributed by atoms with Crippen molar-refractivity contribution in [2.45, 2.75) is 56.4 Å². The first-order chi connectivity index (χ1) is 7.42. The molecule has 17 heavy (non-hydrogen) atoms. The van der Waals surface area contributed by atoms with E-state index >= 15 is 0 Å². The molecular formula is C10H16ClF3N2O. The second kappa shape index (κ2) is 5.44. The number of nitrogens with one attached hydrogen (secondary N) is 2. The van der Waals surface area contributed by atoms with Crippen LogP contribution in [0.15, 0.2) is 0 Å². The second-order valence-electron chi connectivity index (χ2n) is 4.67. The lowest BCUT2D eigenvalue weighted by atomic mass is 10.00. The number of halogens is 4. The molecular weight excluding hydrogens is 257 g/mol. The summed E-state index contributed by atoms with van der Waals surface area (Å²) < 4.78 is 35.9. The lowest BCUT2D eigenvalue weighted by Crippen LogP contribution is -2.48. The number of rotatable bonds is 2. The fraction of sp³-hybridized carbons (Fsp3) is 0.900. The number of amides is 1. The lowest BCUT2D eigenvalue weighted by Gasteiger charge is -2.29. The first-order valence-electron chi connectivity index (χ1n) is 5.54. The van der Waals surface area contributed by atoms with Crippen molar-refractivity contribution in [1.29, 1.82) is 0 Å². The molecule has 2 aliphatic rings. The van der Waals surface area contributed by atoms with Crippen molar-refractivity contribution < 1.29 is 18.0 Å². The minimum absolute atomic E-state index is 0. The average molecular weight is 273 g/mol. The average Bonchev–Trinajstić information content (AvgIpc) is 2.42. The topological polar surface area (TPSA) is 41.1 Å². The van der Waals surface area contributed by atoms with Gasteiger partial charge in [-0.15, -0.1) is 12.4 Å². The summed E-state index contributed by atoms with van der Waals surface area (Å²) in [6.07, 6.45) is -2.14. The maximum absolute atomic E-state index is 12.0. The molecule has 3 nitrogen and oxygen atoms in total. The number of fused-ring (bicyclic) bond motifs is 2. The van der Waals surface area contributed by atoms with Crippen molar-refractivity contribution in [3.63, 3.8) is 0 Å². The van der Waals surface area contributed by atoms with Gasteiger partial charge in [-0.2, -0.15) is 13.2 Å². The molecule has 0 spiro atoms. The van der Waals surface area contributed by atoms with E-state index in [2.05, 4.69) is 10.6 Å². The zero-order chi connectivity index (χ0) is 11.8. The predicted molar refractivity (Wildman–Crippen MR) is 59.0 cm³/mol. The molecule has 0 aromatic carbocycles. The highest BCUT2D eigenvalue weighted by Gasteiger charge is 2.36. The smallest absolute Gasteiger partial charge is 0.353 e. The van der Waals surface area contributed by atoms with Gasteiger partial charge in [-0.1, -0.05) is 0 Å². The fourth-order valence-corrected chi connectivity index (χ4v) is 2.64. The van der Waals surface area contributed by atoms with Gasteiger partial charge in [0.25, 0.3) is 0 Å². The van der Waals surface area contributed by atoms with Gasteiger partial charge in [0, 0.05) is 18.1 Å². The SMILES string of the molecule is Cl.O=C(CC(F)(F)F)NC1CC2CCC(C1)N2. The first-order valence-corrected chi connectivity index (χ1v) is 5.54. The number of hydrogen-bond donors (Lipinski definition) is 2. The Morgan fingerprint density at radius 1 is 1.24 bits per heavy atom. The summed E-state index contributed by atoms with van der Waals surface area (Å²) in [6, 6.07) is 0.651. The van der Waals surface area contributed by atoms with Gasteiger partial charge in [0.2, 0.25) is 5.91 Å². The summed E-state index contributed by atoms with van der Waals surface area (Å²) >= 11 is 0. The van der Waals surface area contributed by atoms with Crippen LogP contribution in [0.3, 0.4) is 0 Å². The summed E-state index contributed by atoms with van der Waals surface area (Å²) in [5.41, 5.74) is 0. The van der Waals surface area contributed by atoms with Gasteiger partial charge in [0.05, 0.1) is 0 Å². The number of piperidine rings is 1. The van der Waals surface area contributed by atoms with E-state index < -0.39 is 18.5 Å². The molecule has 0 aliphatic carbocycles. The van der Waals surface area contributed by atoms with Crippen molar-refractivity contribution in [3.05, 3.63) is 0 Å². The van der Waals surface area contributed by atoms with E-state index in [-0.39, 0.29) is 18.4 Å². The molecule has 7 heteroatoms. The molecule has 2 saturated heterocycles. The van der Waals surface area contributed by atoms with Crippen LogP contribution >= 0.6 is 12.4 Å². The van der Waals surface area contributed by atoms with Crippen molar-refractivity contribution in [2.24, 2.45) is 0 Å². The van der Waals surface area contributed by atoms with Crippen molar-refractivity contribution in [2.75, 3.05) is 0 Å².